The largest absolute Gasteiger partial charge is 0.366 e. The molecule has 0 unspecified atom stereocenters. The van der Waals surface area contributed by atoms with Crippen LogP contribution in [0.5, 0.6) is 0 Å². The Hall–Kier alpha value is -3.34. The van der Waals surface area contributed by atoms with Crippen molar-refractivity contribution in [1.29, 1.82) is 0 Å². The molecular weight excluding hydrogens is 430 g/mol. The van der Waals surface area contributed by atoms with Gasteiger partial charge in [-0.05, 0) is 93.8 Å². The molecule has 5 heteroatoms. The second kappa shape index (κ2) is 11.4. The predicted octanol–water partition coefficient (Wildman–Crippen LogP) is 9.94. The number of azo groups is 2. The summed E-state index contributed by atoms with van der Waals surface area (Å²) in [5.41, 5.74) is 7.40. The highest BCUT2D eigenvalue weighted by Gasteiger charge is 2.35. The zero-order valence-electron chi connectivity index (χ0n) is 21.5. The van der Waals surface area contributed by atoms with Gasteiger partial charge in [-0.15, -0.1) is 0 Å². The Kier molecular flexibility index (Phi) is 8.06. The summed E-state index contributed by atoms with van der Waals surface area (Å²) in [6, 6.07) is 22.2. The highest BCUT2D eigenvalue weighted by molar-refractivity contribution is 5.65. The molecule has 0 amide bonds. The number of aryl methyl sites for hydroxylation is 1. The van der Waals surface area contributed by atoms with Crippen molar-refractivity contribution in [2.45, 2.75) is 71.8 Å². The summed E-state index contributed by atoms with van der Waals surface area (Å²) in [5.74, 6) is 0. The maximum Gasteiger partial charge on any atom is 0.0861 e. The molecule has 0 saturated carbocycles. The van der Waals surface area contributed by atoms with Crippen LogP contribution in [0.1, 0.15) is 64.0 Å². The third-order valence-corrected chi connectivity index (χ3v) is 6.64. The Bertz CT molecular complexity index is 1160. The van der Waals surface area contributed by atoms with Gasteiger partial charge in [0.1, 0.15) is 0 Å². The van der Waals surface area contributed by atoms with Gasteiger partial charge in [-0.1, -0.05) is 50.3 Å². The van der Waals surface area contributed by atoms with E-state index in [2.05, 4.69) is 71.3 Å². The molecule has 0 radical (unpaired) electrons. The highest BCUT2D eigenvalue weighted by Crippen LogP contribution is 2.40. The average molecular weight is 468 g/mol. The molecule has 3 aromatic carbocycles. The van der Waals surface area contributed by atoms with E-state index in [1.54, 1.807) is 0 Å². The first-order chi connectivity index (χ1) is 16.9. The SMILES string of the molecule is CCCCCCCN1c2ccc(N=Nc3ccc(N=Nc4ccc(C)cc4)cc3)cc2CC1(C)C. The van der Waals surface area contributed by atoms with E-state index in [-0.39, 0.29) is 5.54 Å². The van der Waals surface area contributed by atoms with Crippen LogP contribution in [0.3, 0.4) is 0 Å². The monoisotopic (exact) mass is 467 g/mol. The lowest BCUT2D eigenvalue weighted by molar-refractivity contribution is 0.473. The van der Waals surface area contributed by atoms with Crippen molar-refractivity contribution in [3.05, 3.63) is 77.9 Å². The van der Waals surface area contributed by atoms with Gasteiger partial charge < -0.3 is 4.90 Å². The Morgan fingerprint density at radius 1 is 0.686 bits per heavy atom. The summed E-state index contributed by atoms with van der Waals surface area (Å²) >= 11 is 0. The molecule has 0 aliphatic carbocycles. The van der Waals surface area contributed by atoms with Crippen LogP contribution >= 0.6 is 0 Å². The third kappa shape index (κ3) is 6.62. The molecule has 1 aliphatic rings. The minimum Gasteiger partial charge on any atom is -0.366 e. The Morgan fingerprint density at radius 3 is 1.80 bits per heavy atom. The Labute approximate surface area is 210 Å². The van der Waals surface area contributed by atoms with Gasteiger partial charge in [-0.25, -0.2) is 0 Å². The molecule has 0 aromatic heterocycles. The van der Waals surface area contributed by atoms with Crippen molar-refractivity contribution >= 4 is 28.4 Å². The second-order valence-electron chi connectivity index (χ2n) is 10.1. The molecule has 1 aliphatic heterocycles. The first-order valence-electron chi connectivity index (χ1n) is 12.9. The topological polar surface area (TPSA) is 52.7 Å². The van der Waals surface area contributed by atoms with E-state index in [1.807, 2.05) is 48.5 Å². The van der Waals surface area contributed by atoms with Crippen LogP contribution in [-0.2, 0) is 6.42 Å². The number of nitrogens with zero attached hydrogens (tertiary/aromatic N) is 5. The first-order valence-corrected chi connectivity index (χ1v) is 12.9. The van der Waals surface area contributed by atoms with E-state index in [0.29, 0.717) is 0 Å². The minimum absolute atomic E-state index is 0.145. The maximum absolute atomic E-state index is 4.51. The van der Waals surface area contributed by atoms with Crippen LogP contribution < -0.4 is 4.90 Å². The Morgan fingerprint density at radius 2 is 1.20 bits per heavy atom. The lowest BCUT2D eigenvalue weighted by Crippen LogP contribution is -2.41. The van der Waals surface area contributed by atoms with Gasteiger partial charge >= 0.3 is 0 Å². The number of hydrogen-bond acceptors (Lipinski definition) is 5. The zero-order chi connectivity index (χ0) is 24.7. The van der Waals surface area contributed by atoms with Gasteiger partial charge in [0.15, 0.2) is 0 Å². The highest BCUT2D eigenvalue weighted by atomic mass is 15.2. The number of unbranched alkanes of at least 4 members (excludes halogenated alkanes) is 4. The van der Waals surface area contributed by atoms with Gasteiger partial charge in [0.05, 0.1) is 22.7 Å². The van der Waals surface area contributed by atoms with E-state index in [0.717, 1.165) is 35.7 Å². The summed E-state index contributed by atoms with van der Waals surface area (Å²) in [7, 11) is 0. The molecule has 0 saturated heterocycles. The van der Waals surface area contributed by atoms with E-state index in [9.17, 15) is 0 Å². The second-order valence-corrected chi connectivity index (χ2v) is 10.1. The van der Waals surface area contributed by atoms with E-state index < -0.39 is 0 Å². The van der Waals surface area contributed by atoms with Crippen molar-refractivity contribution in [3.8, 4) is 0 Å². The van der Waals surface area contributed by atoms with Crippen LogP contribution in [0.2, 0.25) is 0 Å². The summed E-state index contributed by atoms with van der Waals surface area (Å²) in [5, 5.41) is 17.5. The number of anilines is 1. The molecule has 0 atom stereocenters. The minimum atomic E-state index is 0.145. The van der Waals surface area contributed by atoms with Crippen LogP contribution in [0.4, 0.5) is 28.4 Å². The van der Waals surface area contributed by atoms with E-state index in [1.165, 1.54) is 48.9 Å². The van der Waals surface area contributed by atoms with Crippen molar-refractivity contribution in [1.82, 2.24) is 0 Å². The summed E-state index contributed by atoms with van der Waals surface area (Å²) < 4.78 is 0. The third-order valence-electron chi connectivity index (χ3n) is 6.64. The molecule has 1 heterocycles. The van der Waals surface area contributed by atoms with Crippen molar-refractivity contribution in [2.24, 2.45) is 20.5 Å². The number of hydrogen-bond donors (Lipinski definition) is 0. The fraction of sp³-hybridized carbons (Fsp3) is 0.400. The predicted molar refractivity (Wildman–Crippen MR) is 146 cm³/mol. The molecule has 0 spiro atoms. The van der Waals surface area contributed by atoms with Gasteiger partial charge in [0, 0.05) is 17.8 Å². The van der Waals surface area contributed by atoms with Gasteiger partial charge in [-0.2, -0.15) is 20.5 Å². The quantitative estimate of drug-likeness (QED) is 0.216. The van der Waals surface area contributed by atoms with E-state index >= 15 is 0 Å². The normalized spacial score (nSPS) is 14.8. The average Bonchev–Trinajstić information content (AvgIpc) is 3.11. The molecule has 4 rings (SSSR count). The van der Waals surface area contributed by atoms with Crippen LogP contribution in [0.15, 0.2) is 87.2 Å². The van der Waals surface area contributed by atoms with E-state index in [4.69, 9.17) is 0 Å². The molecule has 182 valence electrons. The molecule has 0 N–H and O–H groups in total. The number of benzene rings is 3. The summed E-state index contributed by atoms with van der Waals surface area (Å²) in [4.78, 5) is 2.58. The number of rotatable bonds is 10. The van der Waals surface area contributed by atoms with Crippen molar-refractivity contribution in [2.75, 3.05) is 11.4 Å². The smallest absolute Gasteiger partial charge is 0.0861 e. The first kappa shape index (κ1) is 24.8. The fourth-order valence-corrected chi connectivity index (χ4v) is 4.65. The Balaban J connectivity index is 1.38. The van der Waals surface area contributed by atoms with Gasteiger partial charge in [-0.3, -0.25) is 0 Å². The van der Waals surface area contributed by atoms with Crippen molar-refractivity contribution < 1.29 is 0 Å². The van der Waals surface area contributed by atoms with Gasteiger partial charge in [0.2, 0.25) is 0 Å². The molecule has 5 nitrogen and oxygen atoms in total. The fourth-order valence-electron chi connectivity index (χ4n) is 4.65. The molecule has 0 bridgehead atoms. The molecule has 3 aromatic rings. The van der Waals surface area contributed by atoms with Crippen LogP contribution in [0, 0.1) is 6.92 Å². The lowest BCUT2D eigenvalue weighted by Gasteiger charge is -2.34. The molecule has 35 heavy (non-hydrogen) atoms. The lowest BCUT2D eigenvalue weighted by atomic mass is 9.99. The zero-order valence-corrected chi connectivity index (χ0v) is 21.5. The summed E-state index contributed by atoms with van der Waals surface area (Å²) in [6.45, 7) is 10.1. The summed E-state index contributed by atoms with van der Waals surface area (Å²) in [6.07, 6.45) is 7.58. The van der Waals surface area contributed by atoms with Crippen molar-refractivity contribution in [3.63, 3.8) is 0 Å². The van der Waals surface area contributed by atoms with Crippen LogP contribution in [-0.4, -0.2) is 12.1 Å². The molecular formula is C30H37N5. The maximum atomic E-state index is 4.51. The van der Waals surface area contributed by atoms with Gasteiger partial charge in [0.25, 0.3) is 0 Å². The standard InChI is InChI=1S/C30H37N5/c1-5-6-7-8-9-20-35-29-19-18-28(21-24(29)22-30(35,3)4)34-33-27-16-14-26(15-17-27)32-31-25-12-10-23(2)11-13-25/h10-19,21H,5-9,20,22H2,1-4H3. The molecule has 0 fully saturated rings. The number of fused-ring (bicyclic) bond motifs is 1. The van der Waals surface area contributed by atoms with Crippen LogP contribution in [0.25, 0.3) is 0 Å².